The van der Waals surface area contributed by atoms with Crippen LogP contribution in [0, 0.1) is 0 Å². The van der Waals surface area contributed by atoms with E-state index in [9.17, 15) is 4.79 Å². The quantitative estimate of drug-likeness (QED) is 0.727. The lowest BCUT2D eigenvalue weighted by atomic mass is 10.0. The fourth-order valence-electron chi connectivity index (χ4n) is 1.84. The Bertz CT molecular complexity index is 495. The maximum Gasteiger partial charge on any atom is 0.221 e. The highest BCUT2D eigenvalue weighted by Crippen LogP contribution is 2.12. The second kappa shape index (κ2) is 6.70. The Morgan fingerprint density at radius 1 is 1.37 bits per heavy atom. The van der Waals surface area contributed by atoms with Crippen LogP contribution in [0.2, 0.25) is 0 Å². The van der Waals surface area contributed by atoms with Gasteiger partial charge in [0.1, 0.15) is 5.82 Å². The van der Waals surface area contributed by atoms with E-state index in [-0.39, 0.29) is 11.9 Å². The molecule has 4 N–H and O–H groups in total. The van der Waals surface area contributed by atoms with Gasteiger partial charge >= 0.3 is 0 Å². The van der Waals surface area contributed by atoms with Gasteiger partial charge < -0.3 is 16.0 Å². The molecule has 0 saturated carbocycles. The molecule has 1 aromatic carbocycles. The summed E-state index contributed by atoms with van der Waals surface area (Å²) in [6, 6.07) is 9.37. The first kappa shape index (κ1) is 13.3. The molecule has 1 atom stereocenters. The van der Waals surface area contributed by atoms with Crippen LogP contribution in [0.15, 0.2) is 42.7 Å². The zero-order chi connectivity index (χ0) is 13.5. The van der Waals surface area contributed by atoms with Crippen LogP contribution in [0.1, 0.15) is 23.9 Å². The second-order valence-corrected chi connectivity index (χ2v) is 4.36. The Morgan fingerprint density at radius 3 is 2.84 bits per heavy atom. The number of H-pyrrole nitrogens is 1. The van der Waals surface area contributed by atoms with Gasteiger partial charge in [0.2, 0.25) is 5.91 Å². The molecule has 100 valence electrons. The minimum atomic E-state index is -0.259. The average molecular weight is 258 g/mol. The van der Waals surface area contributed by atoms with E-state index >= 15 is 0 Å². The number of amides is 1. The van der Waals surface area contributed by atoms with E-state index in [2.05, 4.69) is 15.3 Å². The average Bonchev–Trinajstić information content (AvgIpc) is 2.93. The number of nitrogens with two attached hydrogens (primary N) is 1. The van der Waals surface area contributed by atoms with E-state index in [0.29, 0.717) is 19.4 Å². The summed E-state index contributed by atoms with van der Waals surface area (Å²) in [7, 11) is 0. The minimum Gasteiger partial charge on any atom is -0.356 e. The van der Waals surface area contributed by atoms with Crippen molar-refractivity contribution in [1.82, 2.24) is 15.3 Å². The van der Waals surface area contributed by atoms with Gasteiger partial charge in [0.15, 0.2) is 0 Å². The summed E-state index contributed by atoms with van der Waals surface area (Å²) in [5.41, 5.74) is 6.96. The summed E-state index contributed by atoms with van der Waals surface area (Å²) in [5, 5.41) is 2.84. The maximum absolute atomic E-state index is 11.7. The van der Waals surface area contributed by atoms with Gasteiger partial charge in [-0.2, -0.15) is 0 Å². The SMILES string of the molecule is NC(CC(=O)NCCc1ncc[nH]1)c1ccccc1. The molecule has 0 radical (unpaired) electrons. The van der Waals surface area contributed by atoms with E-state index in [1.165, 1.54) is 0 Å². The molecule has 0 bridgehead atoms. The van der Waals surface area contributed by atoms with Gasteiger partial charge in [-0.3, -0.25) is 4.79 Å². The van der Waals surface area contributed by atoms with Crippen molar-refractivity contribution in [2.24, 2.45) is 5.73 Å². The first-order valence-corrected chi connectivity index (χ1v) is 6.31. The highest BCUT2D eigenvalue weighted by Gasteiger charge is 2.10. The van der Waals surface area contributed by atoms with Crippen molar-refractivity contribution in [3.8, 4) is 0 Å². The number of aromatic amines is 1. The molecule has 0 spiro atoms. The predicted octanol–water partition coefficient (Wildman–Crippen LogP) is 1.16. The number of nitrogens with one attached hydrogen (secondary N) is 2. The van der Waals surface area contributed by atoms with Crippen molar-refractivity contribution < 1.29 is 4.79 Å². The standard InChI is InChI=1S/C14H18N4O/c15-12(11-4-2-1-3-5-11)10-14(19)18-7-6-13-16-8-9-17-13/h1-5,8-9,12H,6-7,10,15H2,(H,16,17)(H,18,19). The number of carbonyl (C=O) groups is 1. The highest BCUT2D eigenvalue weighted by atomic mass is 16.1. The van der Waals surface area contributed by atoms with Crippen LogP contribution in [-0.4, -0.2) is 22.4 Å². The Hall–Kier alpha value is -2.14. The van der Waals surface area contributed by atoms with Gasteiger partial charge in [0, 0.05) is 37.8 Å². The van der Waals surface area contributed by atoms with Crippen molar-refractivity contribution in [2.75, 3.05) is 6.54 Å². The third kappa shape index (κ3) is 4.22. The number of nitrogens with zero attached hydrogens (tertiary/aromatic N) is 1. The first-order valence-electron chi connectivity index (χ1n) is 6.31. The van der Waals surface area contributed by atoms with Crippen LogP contribution in [-0.2, 0) is 11.2 Å². The Labute approximate surface area is 112 Å². The molecule has 2 rings (SSSR count). The first-order chi connectivity index (χ1) is 9.25. The number of hydrogen-bond acceptors (Lipinski definition) is 3. The summed E-state index contributed by atoms with van der Waals surface area (Å²) in [6.45, 7) is 0.563. The molecule has 19 heavy (non-hydrogen) atoms. The zero-order valence-electron chi connectivity index (χ0n) is 10.7. The molecule has 1 aromatic heterocycles. The molecule has 1 unspecified atom stereocenters. The van der Waals surface area contributed by atoms with Crippen molar-refractivity contribution in [3.63, 3.8) is 0 Å². The summed E-state index contributed by atoms with van der Waals surface area (Å²) in [5.74, 6) is 0.829. The summed E-state index contributed by atoms with van der Waals surface area (Å²) in [6.07, 6.45) is 4.45. The molecule has 2 aromatic rings. The van der Waals surface area contributed by atoms with Crippen LogP contribution in [0.3, 0.4) is 0 Å². The number of benzene rings is 1. The second-order valence-electron chi connectivity index (χ2n) is 4.36. The molecular formula is C14H18N4O. The van der Waals surface area contributed by atoms with Gasteiger partial charge in [0.25, 0.3) is 0 Å². The molecule has 0 fully saturated rings. The van der Waals surface area contributed by atoms with E-state index in [1.54, 1.807) is 12.4 Å². The Kier molecular flexibility index (Phi) is 4.69. The number of imidazole rings is 1. The van der Waals surface area contributed by atoms with Crippen molar-refractivity contribution in [1.29, 1.82) is 0 Å². The highest BCUT2D eigenvalue weighted by molar-refractivity contribution is 5.76. The summed E-state index contributed by atoms with van der Waals surface area (Å²) >= 11 is 0. The molecule has 5 nitrogen and oxygen atoms in total. The topological polar surface area (TPSA) is 83.8 Å². The van der Waals surface area contributed by atoms with Gasteiger partial charge in [-0.15, -0.1) is 0 Å². The normalized spacial score (nSPS) is 12.1. The monoisotopic (exact) mass is 258 g/mol. The summed E-state index contributed by atoms with van der Waals surface area (Å²) < 4.78 is 0. The number of rotatable bonds is 6. The summed E-state index contributed by atoms with van der Waals surface area (Å²) in [4.78, 5) is 18.8. The van der Waals surface area contributed by atoms with Crippen LogP contribution in [0.25, 0.3) is 0 Å². The van der Waals surface area contributed by atoms with Crippen LogP contribution in [0.5, 0.6) is 0 Å². The largest absolute Gasteiger partial charge is 0.356 e. The number of aromatic nitrogens is 2. The molecule has 5 heteroatoms. The molecule has 0 saturated heterocycles. The Balaban J connectivity index is 1.72. The van der Waals surface area contributed by atoms with Crippen molar-refractivity contribution >= 4 is 5.91 Å². The van der Waals surface area contributed by atoms with Crippen molar-refractivity contribution in [2.45, 2.75) is 18.9 Å². The minimum absolute atomic E-state index is 0.0390. The molecule has 0 aliphatic carbocycles. The van der Waals surface area contributed by atoms with E-state index < -0.39 is 0 Å². The third-order valence-corrected chi connectivity index (χ3v) is 2.87. The van der Waals surface area contributed by atoms with Gasteiger partial charge in [0.05, 0.1) is 0 Å². The van der Waals surface area contributed by atoms with Crippen LogP contribution in [0.4, 0.5) is 0 Å². The number of hydrogen-bond donors (Lipinski definition) is 3. The fraction of sp³-hybridized carbons (Fsp3) is 0.286. The zero-order valence-corrected chi connectivity index (χ0v) is 10.7. The number of carbonyl (C=O) groups excluding carboxylic acids is 1. The third-order valence-electron chi connectivity index (χ3n) is 2.87. The molecule has 1 amide bonds. The van der Waals surface area contributed by atoms with Gasteiger partial charge in [-0.25, -0.2) is 4.98 Å². The Morgan fingerprint density at radius 2 is 2.16 bits per heavy atom. The van der Waals surface area contributed by atoms with E-state index in [1.807, 2.05) is 30.3 Å². The molecule has 1 heterocycles. The van der Waals surface area contributed by atoms with E-state index in [4.69, 9.17) is 5.73 Å². The predicted molar refractivity (Wildman–Crippen MR) is 73.3 cm³/mol. The van der Waals surface area contributed by atoms with Crippen LogP contribution < -0.4 is 11.1 Å². The maximum atomic E-state index is 11.7. The van der Waals surface area contributed by atoms with Gasteiger partial charge in [-0.1, -0.05) is 30.3 Å². The van der Waals surface area contributed by atoms with Crippen LogP contribution >= 0.6 is 0 Å². The van der Waals surface area contributed by atoms with E-state index in [0.717, 1.165) is 11.4 Å². The lowest BCUT2D eigenvalue weighted by Gasteiger charge is -2.11. The van der Waals surface area contributed by atoms with Gasteiger partial charge in [-0.05, 0) is 5.56 Å². The molecule has 0 aliphatic rings. The molecular weight excluding hydrogens is 240 g/mol. The lowest BCUT2D eigenvalue weighted by molar-refractivity contribution is -0.121. The fourth-order valence-corrected chi connectivity index (χ4v) is 1.84. The van der Waals surface area contributed by atoms with Crippen molar-refractivity contribution in [3.05, 3.63) is 54.1 Å². The smallest absolute Gasteiger partial charge is 0.221 e. The molecule has 0 aliphatic heterocycles. The lowest BCUT2D eigenvalue weighted by Crippen LogP contribution is -2.29.